The standard InChI is InChI=1S/C14H22N2O2/c1-10-9-16(2)12-8-11(5-6-14(12)18-10)13(17)4-3-7-15/h5-6,8,10,13,17H,3-4,7,9,15H2,1-2H3. The summed E-state index contributed by atoms with van der Waals surface area (Å²) in [6, 6.07) is 5.90. The fourth-order valence-electron chi connectivity index (χ4n) is 2.36. The van der Waals surface area contributed by atoms with Gasteiger partial charge < -0.3 is 20.5 Å². The van der Waals surface area contributed by atoms with Crippen molar-refractivity contribution in [3.63, 3.8) is 0 Å². The number of aliphatic hydroxyl groups is 1. The third-order valence-electron chi connectivity index (χ3n) is 3.32. The lowest BCUT2D eigenvalue weighted by Gasteiger charge is -2.32. The minimum atomic E-state index is -0.438. The van der Waals surface area contributed by atoms with Gasteiger partial charge in [-0.15, -0.1) is 0 Å². The molecule has 0 amide bonds. The van der Waals surface area contributed by atoms with E-state index >= 15 is 0 Å². The van der Waals surface area contributed by atoms with E-state index in [9.17, 15) is 5.11 Å². The fraction of sp³-hybridized carbons (Fsp3) is 0.571. The predicted octanol–water partition coefficient (Wildman–Crippen LogP) is 1.68. The van der Waals surface area contributed by atoms with E-state index in [1.165, 1.54) is 0 Å². The van der Waals surface area contributed by atoms with Gasteiger partial charge in [-0.2, -0.15) is 0 Å². The Kier molecular flexibility index (Phi) is 4.09. The number of hydrogen-bond acceptors (Lipinski definition) is 4. The molecule has 2 unspecified atom stereocenters. The molecule has 0 aromatic heterocycles. The van der Waals surface area contributed by atoms with Gasteiger partial charge in [-0.3, -0.25) is 0 Å². The molecule has 0 spiro atoms. The Bertz CT molecular complexity index is 409. The SMILES string of the molecule is CC1CN(C)c2cc(C(O)CCCN)ccc2O1. The minimum absolute atomic E-state index is 0.204. The van der Waals surface area contributed by atoms with Gasteiger partial charge in [-0.05, 0) is 44.0 Å². The third kappa shape index (κ3) is 2.76. The highest BCUT2D eigenvalue weighted by Gasteiger charge is 2.21. The Morgan fingerprint density at radius 3 is 3.06 bits per heavy atom. The Morgan fingerprint density at radius 2 is 2.33 bits per heavy atom. The molecule has 1 aliphatic rings. The molecule has 0 saturated carbocycles. The first kappa shape index (κ1) is 13.2. The van der Waals surface area contributed by atoms with Crippen molar-refractivity contribution in [3.05, 3.63) is 23.8 Å². The highest BCUT2D eigenvalue weighted by molar-refractivity contribution is 5.61. The van der Waals surface area contributed by atoms with Crippen LogP contribution in [0, 0.1) is 0 Å². The average molecular weight is 250 g/mol. The van der Waals surface area contributed by atoms with Crippen molar-refractivity contribution in [1.82, 2.24) is 0 Å². The molecule has 4 nitrogen and oxygen atoms in total. The normalized spacial score (nSPS) is 20.2. The number of benzene rings is 1. The van der Waals surface area contributed by atoms with Gasteiger partial charge in [0.2, 0.25) is 0 Å². The minimum Gasteiger partial charge on any atom is -0.487 e. The van der Waals surface area contributed by atoms with Crippen LogP contribution in [0.25, 0.3) is 0 Å². The monoisotopic (exact) mass is 250 g/mol. The molecule has 2 atom stereocenters. The van der Waals surface area contributed by atoms with Gasteiger partial charge in [0.05, 0.1) is 18.3 Å². The van der Waals surface area contributed by atoms with Gasteiger partial charge in [-0.1, -0.05) is 6.07 Å². The maximum Gasteiger partial charge on any atom is 0.143 e. The molecule has 1 aromatic carbocycles. The molecule has 0 fully saturated rings. The van der Waals surface area contributed by atoms with Crippen LogP contribution in [0.4, 0.5) is 5.69 Å². The maximum absolute atomic E-state index is 10.1. The Balaban J connectivity index is 2.18. The second-order valence-electron chi connectivity index (χ2n) is 4.98. The van der Waals surface area contributed by atoms with Crippen molar-refractivity contribution in [2.24, 2.45) is 5.73 Å². The largest absolute Gasteiger partial charge is 0.487 e. The molecule has 0 radical (unpaired) electrons. The van der Waals surface area contributed by atoms with Gasteiger partial charge in [0.25, 0.3) is 0 Å². The van der Waals surface area contributed by atoms with Crippen molar-refractivity contribution >= 4 is 5.69 Å². The van der Waals surface area contributed by atoms with Crippen LogP contribution in [0.5, 0.6) is 5.75 Å². The summed E-state index contributed by atoms with van der Waals surface area (Å²) in [6.07, 6.45) is 1.31. The molecule has 18 heavy (non-hydrogen) atoms. The highest BCUT2D eigenvalue weighted by Crippen LogP contribution is 2.35. The summed E-state index contributed by atoms with van der Waals surface area (Å²) < 4.78 is 5.77. The van der Waals surface area contributed by atoms with E-state index in [0.29, 0.717) is 13.0 Å². The Morgan fingerprint density at radius 1 is 1.56 bits per heavy atom. The average Bonchev–Trinajstić information content (AvgIpc) is 2.35. The van der Waals surface area contributed by atoms with E-state index in [-0.39, 0.29) is 6.10 Å². The molecule has 100 valence electrons. The molecule has 1 aromatic rings. The number of nitrogens with two attached hydrogens (primary N) is 1. The summed E-state index contributed by atoms with van der Waals surface area (Å²) in [7, 11) is 2.05. The number of nitrogens with zero attached hydrogens (tertiary/aromatic N) is 1. The topological polar surface area (TPSA) is 58.7 Å². The van der Waals surface area contributed by atoms with Crippen molar-refractivity contribution in [3.8, 4) is 5.75 Å². The summed E-state index contributed by atoms with van der Waals surface area (Å²) in [5, 5.41) is 10.1. The maximum atomic E-state index is 10.1. The lowest BCUT2D eigenvalue weighted by molar-refractivity contribution is 0.165. The number of likely N-dealkylation sites (N-methyl/N-ethyl adjacent to an activating group) is 1. The number of anilines is 1. The second-order valence-corrected chi connectivity index (χ2v) is 4.98. The van der Waals surface area contributed by atoms with Crippen LogP contribution in [-0.2, 0) is 0 Å². The van der Waals surface area contributed by atoms with Crippen molar-refractivity contribution in [2.45, 2.75) is 32.0 Å². The van der Waals surface area contributed by atoms with Crippen LogP contribution in [-0.4, -0.2) is 31.3 Å². The first-order valence-electron chi connectivity index (χ1n) is 6.51. The molecular weight excluding hydrogens is 228 g/mol. The summed E-state index contributed by atoms with van der Waals surface area (Å²) >= 11 is 0. The van der Waals surface area contributed by atoms with E-state index < -0.39 is 6.10 Å². The van der Waals surface area contributed by atoms with Crippen molar-refractivity contribution in [1.29, 1.82) is 0 Å². The summed E-state index contributed by atoms with van der Waals surface area (Å²) in [4.78, 5) is 2.17. The zero-order chi connectivity index (χ0) is 13.1. The first-order valence-corrected chi connectivity index (χ1v) is 6.51. The summed E-state index contributed by atoms with van der Waals surface area (Å²) in [6.45, 7) is 3.54. The number of hydrogen-bond donors (Lipinski definition) is 2. The summed E-state index contributed by atoms with van der Waals surface area (Å²) in [5.74, 6) is 0.894. The molecule has 2 rings (SSSR count). The molecule has 0 saturated heterocycles. The van der Waals surface area contributed by atoms with Gasteiger partial charge in [-0.25, -0.2) is 0 Å². The zero-order valence-corrected chi connectivity index (χ0v) is 11.1. The van der Waals surface area contributed by atoms with Crippen LogP contribution in [0.2, 0.25) is 0 Å². The van der Waals surface area contributed by atoms with E-state index in [1.54, 1.807) is 0 Å². The Labute approximate surface area is 108 Å². The predicted molar refractivity (Wildman–Crippen MR) is 73.1 cm³/mol. The first-order chi connectivity index (χ1) is 8.61. The molecule has 4 heteroatoms. The fourth-order valence-corrected chi connectivity index (χ4v) is 2.36. The van der Waals surface area contributed by atoms with Gasteiger partial charge in [0.1, 0.15) is 11.9 Å². The lowest BCUT2D eigenvalue weighted by Crippen LogP contribution is -2.35. The van der Waals surface area contributed by atoms with Crippen molar-refractivity contribution < 1.29 is 9.84 Å². The van der Waals surface area contributed by atoms with Gasteiger partial charge in [0, 0.05) is 7.05 Å². The van der Waals surface area contributed by atoms with Gasteiger partial charge >= 0.3 is 0 Å². The van der Waals surface area contributed by atoms with Crippen LogP contribution in [0.15, 0.2) is 18.2 Å². The van der Waals surface area contributed by atoms with Crippen LogP contribution in [0.1, 0.15) is 31.4 Å². The van der Waals surface area contributed by atoms with E-state index in [1.807, 2.05) is 25.2 Å². The van der Waals surface area contributed by atoms with Crippen LogP contribution >= 0.6 is 0 Å². The smallest absolute Gasteiger partial charge is 0.143 e. The van der Waals surface area contributed by atoms with E-state index in [0.717, 1.165) is 30.0 Å². The number of fused-ring (bicyclic) bond motifs is 1. The zero-order valence-electron chi connectivity index (χ0n) is 11.1. The molecule has 0 bridgehead atoms. The van der Waals surface area contributed by atoms with Crippen molar-refractivity contribution in [2.75, 3.05) is 25.0 Å². The van der Waals surface area contributed by atoms with Crippen LogP contribution < -0.4 is 15.4 Å². The molecular formula is C14H22N2O2. The van der Waals surface area contributed by atoms with Gasteiger partial charge in [0.15, 0.2) is 0 Å². The van der Waals surface area contributed by atoms with Crippen LogP contribution in [0.3, 0.4) is 0 Å². The number of rotatable bonds is 4. The highest BCUT2D eigenvalue weighted by atomic mass is 16.5. The van der Waals surface area contributed by atoms with E-state index in [4.69, 9.17) is 10.5 Å². The molecule has 1 aliphatic heterocycles. The molecule has 0 aliphatic carbocycles. The Hall–Kier alpha value is -1.26. The molecule has 1 heterocycles. The summed E-state index contributed by atoms with van der Waals surface area (Å²) in [5.41, 5.74) is 7.45. The third-order valence-corrected chi connectivity index (χ3v) is 3.32. The van der Waals surface area contributed by atoms with E-state index in [2.05, 4.69) is 11.8 Å². The molecule has 3 N–H and O–H groups in total. The number of ether oxygens (including phenoxy) is 1. The lowest BCUT2D eigenvalue weighted by atomic mass is 10.0. The quantitative estimate of drug-likeness (QED) is 0.853. The number of aliphatic hydroxyl groups excluding tert-OH is 1. The second kappa shape index (κ2) is 5.59.